The Morgan fingerprint density at radius 1 is 1.08 bits per heavy atom. The molecule has 0 radical (unpaired) electrons. The van der Waals surface area contributed by atoms with Crippen LogP contribution in [0.25, 0.3) is 0 Å². The number of anilines is 1. The summed E-state index contributed by atoms with van der Waals surface area (Å²) in [5.41, 5.74) is 0.410. The fourth-order valence-electron chi connectivity index (χ4n) is 2.19. The highest BCUT2D eigenvalue weighted by atomic mass is 35.5. The number of hydrogen-bond acceptors (Lipinski definition) is 5. The quantitative estimate of drug-likeness (QED) is 0.825. The van der Waals surface area contributed by atoms with E-state index in [-0.39, 0.29) is 4.90 Å². The maximum absolute atomic E-state index is 12.3. The van der Waals surface area contributed by atoms with Crippen molar-refractivity contribution in [3.63, 3.8) is 0 Å². The van der Waals surface area contributed by atoms with Crippen molar-refractivity contribution in [3.05, 3.63) is 47.5 Å². The standard InChI is InChI=1S/C16H15ClN2O5S/c17-12-3-1-2-4-13(12)19-16(20)10-18-25(21,22)11-5-6-14-15(9-11)24-8-7-23-14/h1-6,9,18H,7-8,10H2,(H,19,20). The van der Waals surface area contributed by atoms with Gasteiger partial charge in [-0.05, 0) is 24.3 Å². The maximum atomic E-state index is 12.3. The first-order valence-corrected chi connectivity index (χ1v) is 9.25. The van der Waals surface area contributed by atoms with Gasteiger partial charge in [-0.25, -0.2) is 13.1 Å². The molecule has 2 aromatic carbocycles. The van der Waals surface area contributed by atoms with Crippen LogP contribution in [0.1, 0.15) is 0 Å². The van der Waals surface area contributed by atoms with Gasteiger partial charge in [0.25, 0.3) is 0 Å². The van der Waals surface area contributed by atoms with Crippen molar-refractivity contribution in [1.82, 2.24) is 4.72 Å². The van der Waals surface area contributed by atoms with Gasteiger partial charge in [-0.2, -0.15) is 0 Å². The number of benzene rings is 2. The van der Waals surface area contributed by atoms with Crippen molar-refractivity contribution in [3.8, 4) is 11.5 Å². The molecular weight excluding hydrogens is 368 g/mol. The minimum Gasteiger partial charge on any atom is -0.486 e. The summed E-state index contributed by atoms with van der Waals surface area (Å²) in [6.45, 7) is 0.339. The summed E-state index contributed by atoms with van der Waals surface area (Å²) in [6.07, 6.45) is 0. The third-order valence-electron chi connectivity index (χ3n) is 3.39. The van der Waals surface area contributed by atoms with E-state index in [0.717, 1.165) is 0 Å². The first-order valence-electron chi connectivity index (χ1n) is 7.39. The smallest absolute Gasteiger partial charge is 0.241 e. The summed E-state index contributed by atoms with van der Waals surface area (Å²) < 4.78 is 37.6. The molecule has 0 aromatic heterocycles. The molecule has 9 heteroatoms. The lowest BCUT2D eigenvalue weighted by atomic mass is 10.3. The van der Waals surface area contributed by atoms with Crippen molar-refractivity contribution < 1.29 is 22.7 Å². The molecule has 7 nitrogen and oxygen atoms in total. The van der Waals surface area contributed by atoms with Crippen LogP contribution in [-0.2, 0) is 14.8 Å². The summed E-state index contributed by atoms with van der Waals surface area (Å²) in [5, 5.41) is 2.91. The number of hydrogen-bond donors (Lipinski definition) is 2. The van der Waals surface area contributed by atoms with Crippen LogP contribution in [0.15, 0.2) is 47.4 Å². The van der Waals surface area contributed by atoms with E-state index in [0.29, 0.717) is 35.4 Å². The molecule has 2 aromatic rings. The van der Waals surface area contributed by atoms with Crippen LogP contribution in [0.5, 0.6) is 11.5 Å². The van der Waals surface area contributed by atoms with E-state index < -0.39 is 22.5 Å². The predicted molar refractivity (Wildman–Crippen MR) is 92.7 cm³/mol. The fourth-order valence-corrected chi connectivity index (χ4v) is 3.37. The average Bonchev–Trinajstić information content (AvgIpc) is 2.62. The Morgan fingerprint density at radius 2 is 1.80 bits per heavy atom. The van der Waals surface area contributed by atoms with Crippen LogP contribution in [-0.4, -0.2) is 34.1 Å². The van der Waals surface area contributed by atoms with Gasteiger partial charge in [-0.1, -0.05) is 23.7 Å². The van der Waals surface area contributed by atoms with Crippen LogP contribution in [0.3, 0.4) is 0 Å². The molecule has 1 aliphatic heterocycles. The van der Waals surface area contributed by atoms with Crippen LogP contribution >= 0.6 is 11.6 Å². The highest BCUT2D eigenvalue weighted by molar-refractivity contribution is 7.89. The molecule has 3 rings (SSSR count). The van der Waals surface area contributed by atoms with Crippen molar-refractivity contribution in [2.75, 3.05) is 25.1 Å². The molecule has 2 N–H and O–H groups in total. The second kappa shape index (κ2) is 7.30. The molecule has 132 valence electrons. The van der Waals surface area contributed by atoms with E-state index in [2.05, 4.69) is 10.0 Å². The lowest BCUT2D eigenvalue weighted by Gasteiger charge is -2.18. The highest BCUT2D eigenvalue weighted by Crippen LogP contribution is 2.32. The van der Waals surface area contributed by atoms with Gasteiger partial charge in [0.2, 0.25) is 15.9 Å². The maximum Gasteiger partial charge on any atom is 0.241 e. The number of halogens is 1. The number of carbonyl (C=O) groups excluding carboxylic acids is 1. The van der Waals surface area contributed by atoms with Crippen molar-refractivity contribution in [1.29, 1.82) is 0 Å². The number of rotatable bonds is 5. The Labute approximate surface area is 149 Å². The van der Waals surface area contributed by atoms with Crippen LogP contribution < -0.4 is 19.5 Å². The lowest BCUT2D eigenvalue weighted by Crippen LogP contribution is -2.33. The van der Waals surface area contributed by atoms with Gasteiger partial charge in [-0.15, -0.1) is 0 Å². The minimum atomic E-state index is -3.87. The monoisotopic (exact) mass is 382 g/mol. The van der Waals surface area contributed by atoms with Gasteiger partial charge in [0.05, 0.1) is 22.2 Å². The van der Waals surface area contributed by atoms with Crippen molar-refractivity contribution >= 4 is 33.2 Å². The zero-order valence-electron chi connectivity index (χ0n) is 13.0. The molecule has 1 amide bonds. The number of fused-ring (bicyclic) bond motifs is 1. The van der Waals surface area contributed by atoms with Crippen LogP contribution in [0.2, 0.25) is 5.02 Å². The lowest BCUT2D eigenvalue weighted by molar-refractivity contribution is -0.115. The predicted octanol–water partition coefficient (Wildman–Crippen LogP) is 2.03. The summed E-state index contributed by atoms with van der Waals surface area (Å²) in [6, 6.07) is 11.0. The molecule has 0 unspecified atom stereocenters. The Kier molecular flexibility index (Phi) is 5.12. The molecule has 0 fully saturated rings. The summed E-state index contributed by atoms with van der Waals surface area (Å²) in [4.78, 5) is 11.9. The molecule has 25 heavy (non-hydrogen) atoms. The third kappa shape index (κ3) is 4.22. The Hall–Kier alpha value is -2.29. The third-order valence-corrected chi connectivity index (χ3v) is 5.12. The van der Waals surface area contributed by atoms with Gasteiger partial charge < -0.3 is 14.8 Å². The fraction of sp³-hybridized carbons (Fsp3) is 0.188. The highest BCUT2D eigenvalue weighted by Gasteiger charge is 2.20. The molecule has 1 aliphatic rings. The first kappa shape index (κ1) is 17.5. The van der Waals surface area contributed by atoms with Gasteiger partial charge in [0.1, 0.15) is 13.2 Å². The molecule has 1 heterocycles. The van der Waals surface area contributed by atoms with E-state index in [1.54, 1.807) is 24.3 Å². The summed E-state index contributed by atoms with van der Waals surface area (Å²) >= 11 is 5.94. The zero-order valence-corrected chi connectivity index (χ0v) is 14.6. The van der Waals surface area contributed by atoms with Gasteiger partial charge >= 0.3 is 0 Å². The molecule has 0 spiro atoms. The molecule has 0 bridgehead atoms. The number of para-hydroxylation sites is 1. The largest absolute Gasteiger partial charge is 0.486 e. The van der Waals surface area contributed by atoms with Gasteiger partial charge in [0, 0.05) is 6.07 Å². The normalized spacial score (nSPS) is 13.3. The number of amides is 1. The van der Waals surface area contributed by atoms with E-state index in [9.17, 15) is 13.2 Å². The zero-order chi connectivity index (χ0) is 17.9. The minimum absolute atomic E-state index is 0.0118. The molecule has 0 aliphatic carbocycles. The van der Waals surface area contributed by atoms with Crippen LogP contribution in [0.4, 0.5) is 5.69 Å². The van der Waals surface area contributed by atoms with Gasteiger partial charge in [-0.3, -0.25) is 4.79 Å². The summed E-state index contributed by atoms with van der Waals surface area (Å²) in [5.74, 6) is 0.311. The molecule has 0 saturated carbocycles. The van der Waals surface area contributed by atoms with E-state index in [4.69, 9.17) is 21.1 Å². The number of nitrogens with one attached hydrogen (secondary N) is 2. The van der Waals surface area contributed by atoms with Gasteiger partial charge in [0.15, 0.2) is 11.5 Å². The topological polar surface area (TPSA) is 93.7 Å². The SMILES string of the molecule is O=C(CNS(=O)(=O)c1ccc2c(c1)OCCO2)Nc1ccccc1Cl. The number of sulfonamides is 1. The molecule has 0 atom stereocenters. The average molecular weight is 383 g/mol. The second-order valence-electron chi connectivity index (χ2n) is 5.16. The number of ether oxygens (including phenoxy) is 2. The second-order valence-corrected chi connectivity index (χ2v) is 7.33. The first-order chi connectivity index (χ1) is 12.0. The Bertz CT molecular complexity index is 901. The van der Waals surface area contributed by atoms with E-state index >= 15 is 0 Å². The van der Waals surface area contributed by atoms with E-state index in [1.165, 1.54) is 18.2 Å². The Morgan fingerprint density at radius 3 is 2.56 bits per heavy atom. The van der Waals surface area contributed by atoms with Crippen molar-refractivity contribution in [2.45, 2.75) is 4.90 Å². The Balaban J connectivity index is 1.65. The van der Waals surface area contributed by atoms with Crippen molar-refractivity contribution in [2.24, 2.45) is 0 Å². The number of carbonyl (C=O) groups is 1. The van der Waals surface area contributed by atoms with E-state index in [1.807, 2.05) is 0 Å². The molecule has 0 saturated heterocycles. The molecular formula is C16H15ClN2O5S. The summed E-state index contributed by atoms with van der Waals surface area (Å²) in [7, 11) is -3.87. The van der Waals surface area contributed by atoms with Crippen LogP contribution in [0, 0.1) is 0 Å².